The van der Waals surface area contributed by atoms with Crippen LogP contribution >= 0.6 is 11.6 Å². The van der Waals surface area contributed by atoms with E-state index >= 15 is 0 Å². The van der Waals surface area contributed by atoms with Crippen molar-refractivity contribution in [1.29, 1.82) is 0 Å². The molecule has 2 amide bonds. The molecule has 0 aliphatic heterocycles. The van der Waals surface area contributed by atoms with Gasteiger partial charge in [0.2, 0.25) is 0 Å². The highest BCUT2D eigenvalue weighted by atomic mass is 35.5. The maximum atomic E-state index is 12.7. The standard InChI is InChI=1S/C27H28ClN3O4/c1-18(2)25(30-26(32)20-10-14-22(34-3)15-11-20)27(33)31-29-16-19-8-12-23(13-9-19)35-17-21-6-4-5-7-24(21)28/h4-16,18,25H,17H2,1-3H3,(H,30,32)(H,31,33). The number of hydrogen-bond donors (Lipinski definition) is 2. The van der Waals surface area contributed by atoms with Gasteiger partial charge in [-0.15, -0.1) is 0 Å². The van der Waals surface area contributed by atoms with Gasteiger partial charge in [0.15, 0.2) is 0 Å². The van der Waals surface area contributed by atoms with Gasteiger partial charge in [-0.2, -0.15) is 5.10 Å². The van der Waals surface area contributed by atoms with Crippen molar-refractivity contribution in [1.82, 2.24) is 10.7 Å². The Balaban J connectivity index is 1.53. The minimum Gasteiger partial charge on any atom is -0.497 e. The second-order valence-electron chi connectivity index (χ2n) is 8.11. The number of rotatable bonds is 10. The van der Waals surface area contributed by atoms with Gasteiger partial charge in [-0.25, -0.2) is 5.43 Å². The normalized spacial score (nSPS) is 11.8. The molecule has 0 radical (unpaired) electrons. The van der Waals surface area contributed by atoms with Crippen LogP contribution in [0.25, 0.3) is 0 Å². The number of hydrazone groups is 1. The molecule has 0 aliphatic carbocycles. The lowest BCUT2D eigenvalue weighted by Gasteiger charge is -2.20. The summed E-state index contributed by atoms with van der Waals surface area (Å²) in [5.74, 6) is 0.444. The molecule has 7 nitrogen and oxygen atoms in total. The third-order valence-corrected chi connectivity index (χ3v) is 5.58. The number of amides is 2. The van der Waals surface area contributed by atoms with Crippen LogP contribution in [-0.4, -0.2) is 31.2 Å². The molecule has 0 fully saturated rings. The summed E-state index contributed by atoms with van der Waals surface area (Å²) in [4.78, 5) is 25.2. The van der Waals surface area contributed by atoms with Crippen molar-refractivity contribution < 1.29 is 19.1 Å². The van der Waals surface area contributed by atoms with Gasteiger partial charge in [-0.1, -0.05) is 43.6 Å². The molecule has 1 atom stereocenters. The van der Waals surface area contributed by atoms with Gasteiger partial charge >= 0.3 is 0 Å². The quantitative estimate of drug-likeness (QED) is 0.312. The van der Waals surface area contributed by atoms with E-state index < -0.39 is 11.9 Å². The lowest BCUT2D eigenvalue weighted by molar-refractivity contribution is -0.123. The minimum atomic E-state index is -0.748. The highest BCUT2D eigenvalue weighted by Gasteiger charge is 2.24. The first-order valence-corrected chi connectivity index (χ1v) is 11.5. The summed E-state index contributed by atoms with van der Waals surface area (Å²) in [5, 5.41) is 7.46. The van der Waals surface area contributed by atoms with Crippen LogP contribution in [0, 0.1) is 5.92 Å². The number of hydrogen-bond acceptors (Lipinski definition) is 5. The van der Waals surface area contributed by atoms with Crippen LogP contribution < -0.4 is 20.2 Å². The molecular weight excluding hydrogens is 466 g/mol. The van der Waals surface area contributed by atoms with Crippen LogP contribution in [0.1, 0.15) is 35.3 Å². The zero-order chi connectivity index (χ0) is 25.2. The first kappa shape index (κ1) is 25.8. The van der Waals surface area contributed by atoms with E-state index in [1.165, 1.54) is 6.21 Å². The third kappa shape index (κ3) is 7.58. The molecule has 1 unspecified atom stereocenters. The SMILES string of the molecule is COc1ccc(C(=O)NC(C(=O)NN=Cc2ccc(OCc3ccccc3Cl)cc2)C(C)C)cc1. The van der Waals surface area contributed by atoms with Crippen molar-refractivity contribution in [2.75, 3.05) is 7.11 Å². The smallest absolute Gasteiger partial charge is 0.262 e. The third-order valence-electron chi connectivity index (χ3n) is 5.21. The van der Waals surface area contributed by atoms with Crippen molar-refractivity contribution in [3.63, 3.8) is 0 Å². The first-order chi connectivity index (χ1) is 16.9. The molecular formula is C27H28ClN3O4. The van der Waals surface area contributed by atoms with E-state index in [0.29, 0.717) is 28.7 Å². The molecule has 3 aromatic rings. The maximum absolute atomic E-state index is 12.7. The second-order valence-corrected chi connectivity index (χ2v) is 8.51. The summed E-state index contributed by atoms with van der Waals surface area (Å²) in [6.07, 6.45) is 1.53. The molecule has 3 rings (SSSR count). The Morgan fingerprint density at radius 3 is 2.26 bits per heavy atom. The van der Waals surface area contributed by atoms with E-state index in [0.717, 1.165) is 11.1 Å². The van der Waals surface area contributed by atoms with E-state index in [1.54, 1.807) is 31.4 Å². The molecule has 8 heteroatoms. The highest BCUT2D eigenvalue weighted by molar-refractivity contribution is 6.31. The predicted octanol–water partition coefficient (Wildman–Crippen LogP) is 4.83. The number of methoxy groups -OCH3 is 1. The Morgan fingerprint density at radius 2 is 1.63 bits per heavy atom. The highest BCUT2D eigenvalue weighted by Crippen LogP contribution is 2.19. The Morgan fingerprint density at radius 1 is 0.971 bits per heavy atom. The monoisotopic (exact) mass is 493 g/mol. The van der Waals surface area contributed by atoms with Gasteiger partial charge in [0, 0.05) is 16.1 Å². The molecule has 0 bridgehead atoms. The number of ether oxygens (including phenoxy) is 2. The average Bonchev–Trinajstić information content (AvgIpc) is 2.87. The van der Waals surface area contributed by atoms with E-state index in [2.05, 4.69) is 15.8 Å². The van der Waals surface area contributed by atoms with Crippen molar-refractivity contribution >= 4 is 29.6 Å². The maximum Gasteiger partial charge on any atom is 0.262 e. The lowest BCUT2D eigenvalue weighted by Crippen LogP contribution is -2.48. The zero-order valence-corrected chi connectivity index (χ0v) is 20.6. The van der Waals surface area contributed by atoms with Gasteiger partial charge < -0.3 is 14.8 Å². The summed E-state index contributed by atoms with van der Waals surface area (Å²) in [6, 6.07) is 20.7. The molecule has 0 heterocycles. The lowest BCUT2D eigenvalue weighted by atomic mass is 10.0. The fourth-order valence-electron chi connectivity index (χ4n) is 3.17. The number of benzene rings is 3. The van der Waals surface area contributed by atoms with Gasteiger partial charge in [0.25, 0.3) is 11.8 Å². The molecule has 0 saturated carbocycles. The Labute approximate surface area is 210 Å². The topological polar surface area (TPSA) is 89.0 Å². The van der Waals surface area contributed by atoms with Crippen LogP contribution in [0.5, 0.6) is 11.5 Å². The number of halogens is 1. The molecule has 35 heavy (non-hydrogen) atoms. The zero-order valence-electron chi connectivity index (χ0n) is 19.8. The number of nitrogens with one attached hydrogen (secondary N) is 2. The average molecular weight is 494 g/mol. The predicted molar refractivity (Wildman–Crippen MR) is 137 cm³/mol. The molecule has 3 aromatic carbocycles. The fraction of sp³-hybridized carbons (Fsp3) is 0.222. The number of nitrogens with zero attached hydrogens (tertiary/aromatic N) is 1. The summed E-state index contributed by atoms with van der Waals surface area (Å²) in [6.45, 7) is 4.06. The Bertz CT molecular complexity index is 1160. The molecule has 0 aliphatic rings. The number of carbonyl (C=O) groups excluding carboxylic acids is 2. The Kier molecular flexibility index (Phi) is 9.26. The van der Waals surface area contributed by atoms with Crippen LogP contribution in [-0.2, 0) is 11.4 Å². The van der Waals surface area contributed by atoms with Crippen molar-refractivity contribution in [3.05, 3.63) is 94.5 Å². The van der Waals surface area contributed by atoms with E-state index in [-0.39, 0.29) is 11.8 Å². The summed E-state index contributed by atoms with van der Waals surface area (Å²) in [5.41, 5.74) is 4.62. The van der Waals surface area contributed by atoms with Crippen LogP contribution in [0.3, 0.4) is 0 Å². The van der Waals surface area contributed by atoms with Gasteiger partial charge in [-0.05, 0) is 66.1 Å². The van der Waals surface area contributed by atoms with E-state index in [9.17, 15) is 9.59 Å². The number of carbonyl (C=O) groups is 2. The second kappa shape index (κ2) is 12.6. The summed E-state index contributed by atoms with van der Waals surface area (Å²) in [7, 11) is 1.55. The first-order valence-electron chi connectivity index (χ1n) is 11.1. The molecule has 0 spiro atoms. The Hall–Kier alpha value is -3.84. The van der Waals surface area contributed by atoms with Gasteiger partial charge in [0.05, 0.1) is 13.3 Å². The summed E-state index contributed by atoms with van der Waals surface area (Å²) < 4.78 is 10.9. The van der Waals surface area contributed by atoms with Crippen LogP contribution in [0.15, 0.2) is 77.9 Å². The molecule has 0 aromatic heterocycles. The molecule has 0 saturated heterocycles. The van der Waals surface area contributed by atoms with Gasteiger partial charge in [-0.3, -0.25) is 9.59 Å². The van der Waals surface area contributed by atoms with E-state index in [4.69, 9.17) is 21.1 Å². The minimum absolute atomic E-state index is 0.137. The summed E-state index contributed by atoms with van der Waals surface area (Å²) >= 11 is 6.15. The largest absolute Gasteiger partial charge is 0.497 e. The van der Waals surface area contributed by atoms with Crippen molar-refractivity contribution in [2.45, 2.75) is 26.5 Å². The molecule has 2 N–H and O–H groups in total. The fourth-order valence-corrected chi connectivity index (χ4v) is 3.36. The van der Waals surface area contributed by atoms with Crippen molar-refractivity contribution in [2.24, 2.45) is 11.0 Å². The van der Waals surface area contributed by atoms with Crippen LogP contribution in [0.4, 0.5) is 0 Å². The van der Waals surface area contributed by atoms with E-state index in [1.807, 2.05) is 62.4 Å². The molecule has 182 valence electrons. The van der Waals surface area contributed by atoms with Crippen molar-refractivity contribution in [3.8, 4) is 11.5 Å². The van der Waals surface area contributed by atoms with Crippen LogP contribution in [0.2, 0.25) is 5.02 Å². The van der Waals surface area contributed by atoms with Gasteiger partial charge in [0.1, 0.15) is 24.1 Å².